The van der Waals surface area contributed by atoms with Gasteiger partial charge < -0.3 is 5.32 Å². The maximum absolute atomic E-state index is 3.66. The number of nitrogens with zero attached hydrogens (tertiary/aromatic N) is 1. The van der Waals surface area contributed by atoms with Crippen LogP contribution in [0.15, 0.2) is 30.3 Å². The van der Waals surface area contributed by atoms with Crippen LogP contribution in [-0.4, -0.2) is 30.6 Å². The SMILES string of the molecule is CCC1CNC(c2ccccc2)CN1CC. The Hall–Kier alpha value is -0.860. The van der Waals surface area contributed by atoms with Gasteiger partial charge in [-0.2, -0.15) is 0 Å². The van der Waals surface area contributed by atoms with Gasteiger partial charge in [-0.05, 0) is 18.5 Å². The van der Waals surface area contributed by atoms with Gasteiger partial charge in [0, 0.05) is 25.2 Å². The molecule has 16 heavy (non-hydrogen) atoms. The van der Waals surface area contributed by atoms with Crippen LogP contribution in [0.3, 0.4) is 0 Å². The maximum atomic E-state index is 3.66. The topological polar surface area (TPSA) is 15.3 Å². The summed E-state index contributed by atoms with van der Waals surface area (Å²) in [6, 6.07) is 12.0. The Morgan fingerprint density at radius 3 is 2.62 bits per heavy atom. The molecule has 1 heterocycles. The molecule has 0 aromatic heterocycles. The van der Waals surface area contributed by atoms with Crippen LogP contribution in [0.1, 0.15) is 31.9 Å². The molecule has 2 rings (SSSR count). The Morgan fingerprint density at radius 2 is 2.00 bits per heavy atom. The Balaban J connectivity index is 2.05. The van der Waals surface area contributed by atoms with Crippen molar-refractivity contribution in [2.45, 2.75) is 32.4 Å². The van der Waals surface area contributed by atoms with Crippen LogP contribution in [0, 0.1) is 0 Å². The molecule has 2 heteroatoms. The lowest BCUT2D eigenvalue weighted by molar-refractivity contribution is 0.134. The number of hydrogen-bond acceptors (Lipinski definition) is 2. The normalized spacial score (nSPS) is 26.9. The van der Waals surface area contributed by atoms with E-state index in [2.05, 4.69) is 54.4 Å². The van der Waals surface area contributed by atoms with E-state index in [0.717, 1.165) is 19.6 Å². The summed E-state index contributed by atoms with van der Waals surface area (Å²) >= 11 is 0. The van der Waals surface area contributed by atoms with E-state index in [1.54, 1.807) is 0 Å². The first-order valence-electron chi connectivity index (χ1n) is 6.37. The molecular formula is C14H22N2. The monoisotopic (exact) mass is 218 g/mol. The third kappa shape index (κ3) is 2.45. The van der Waals surface area contributed by atoms with E-state index in [1.807, 2.05) is 0 Å². The molecule has 0 aliphatic carbocycles. The lowest BCUT2D eigenvalue weighted by Gasteiger charge is -2.39. The Kier molecular flexibility index (Phi) is 3.97. The van der Waals surface area contributed by atoms with Gasteiger partial charge >= 0.3 is 0 Å². The third-order valence-corrected chi connectivity index (χ3v) is 3.61. The van der Waals surface area contributed by atoms with Crippen molar-refractivity contribution in [1.29, 1.82) is 0 Å². The van der Waals surface area contributed by atoms with Gasteiger partial charge in [-0.15, -0.1) is 0 Å². The van der Waals surface area contributed by atoms with Gasteiger partial charge in [-0.1, -0.05) is 44.2 Å². The van der Waals surface area contributed by atoms with E-state index >= 15 is 0 Å². The van der Waals surface area contributed by atoms with Gasteiger partial charge in [0.25, 0.3) is 0 Å². The zero-order valence-electron chi connectivity index (χ0n) is 10.3. The Bertz CT molecular complexity index is 310. The summed E-state index contributed by atoms with van der Waals surface area (Å²) in [5, 5.41) is 3.66. The van der Waals surface area contributed by atoms with Gasteiger partial charge in [0.05, 0.1) is 0 Å². The van der Waals surface area contributed by atoms with Crippen LogP contribution in [0.5, 0.6) is 0 Å². The van der Waals surface area contributed by atoms with E-state index < -0.39 is 0 Å². The predicted molar refractivity (Wildman–Crippen MR) is 68.5 cm³/mol. The molecular weight excluding hydrogens is 196 g/mol. The second-order valence-electron chi connectivity index (χ2n) is 4.52. The zero-order valence-corrected chi connectivity index (χ0v) is 10.3. The van der Waals surface area contributed by atoms with Crippen molar-refractivity contribution in [3.8, 4) is 0 Å². The summed E-state index contributed by atoms with van der Waals surface area (Å²) in [6.07, 6.45) is 1.24. The summed E-state index contributed by atoms with van der Waals surface area (Å²) in [7, 11) is 0. The highest BCUT2D eigenvalue weighted by Crippen LogP contribution is 2.20. The summed E-state index contributed by atoms with van der Waals surface area (Å²) < 4.78 is 0. The van der Waals surface area contributed by atoms with Crippen molar-refractivity contribution in [1.82, 2.24) is 10.2 Å². The van der Waals surface area contributed by atoms with Crippen LogP contribution in [0.4, 0.5) is 0 Å². The van der Waals surface area contributed by atoms with Crippen molar-refractivity contribution in [3.63, 3.8) is 0 Å². The van der Waals surface area contributed by atoms with E-state index in [1.165, 1.54) is 12.0 Å². The third-order valence-electron chi connectivity index (χ3n) is 3.61. The standard InChI is InChI=1S/C14H22N2/c1-3-13-10-15-14(11-16(13)4-2)12-8-6-5-7-9-12/h5-9,13-15H,3-4,10-11H2,1-2H3. The summed E-state index contributed by atoms with van der Waals surface area (Å²) in [5.41, 5.74) is 1.41. The molecule has 0 bridgehead atoms. The number of rotatable bonds is 3. The summed E-state index contributed by atoms with van der Waals surface area (Å²) in [5.74, 6) is 0. The van der Waals surface area contributed by atoms with Crippen molar-refractivity contribution in [2.75, 3.05) is 19.6 Å². The fraction of sp³-hybridized carbons (Fsp3) is 0.571. The van der Waals surface area contributed by atoms with E-state index in [9.17, 15) is 0 Å². The van der Waals surface area contributed by atoms with Crippen molar-refractivity contribution < 1.29 is 0 Å². The highest BCUT2D eigenvalue weighted by atomic mass is 15.2. The lowest BCUT2D eigenvalue weighted by Crippen LogP contribution is -2.52. The molecule has 1 N–H and O–H groups in total. The molecule has 2 nitrogen and oxygen atoms in total. The molecule has 1 aliphatic heterocycles. The molecule has 1 aromatic rings. The fourth-order valence-electron chi connectivity index (χ4n) is 2.55. The summed E-state index contributed by atoms with van der Waals surface area (Å²) in [4.78, 5) is 2.59. The average Bonchev–Trinajstić information content (AvgIpc) is 2.39. The minimum absolute atomic E-state index is 0.504. The van der Waals surface area contributed by atoms with Gasteiger partial charge in [-0.3, -0.25) is 4.90 Å². The van der Waals surface area contributed by atoms with Gasteiger partial charge in [-0.25, -0.2) is 0 Å². The molecule has 0 spiro atoms. The van der Waals surface area contributed by atoms with Gasteiger partial charge in [0.2, 0.25) is 0 Å². The number of likely N-dealkylation sites (N-methyl/N-ethyl adjacent to an activating group) is 1. The molecule has 0 saturated carbocycles. The number of nitrogens with one attached hydrogen (secondary N) is 1. The van der Waals surface area contributed by atoms with Crippen LogP contribution >= 0.6 is 0 Å². The predicted octanol–water partition coefficient (Wildman–Crippen LogP) is 2.43. The second kappa shape index (κ2) is 5.46. The van der Waals surface area contributed by atoms with Crippen LogP contribution in [0.25, 0.3) is 0 Å². The molecule has 1 saturated heterocycles. The first-order valence-corrected chi connectivity index (χ1v) is 6.37. The molecule has 2 unspecified atom stereocenters. The van der Waals surface area contributed by atoms with Gasteiger partial charge in [0.15, 0.2) is 0 Å². The first-order chi connectivity index (χ1) is 7.85. The van der Waals surface area contributed by atoms with Crippen molar-refractivity contribution in [3.05, 3.63) is 35.9 Å². The molecule has 1 aromatic carbocycles. The van der Waals surface area contributed by atoms with E-state index in [-0.39, 0.29) is 0 Å². The zero-order chi connectivity index (χ0) is 11.4. The minimum atomic E-state index is 0.504. The first kappa shape index (κ1) is 11.6. The van der Waals surface area contributed by atoms with Crippen LogP contribution in [-0.2, 0) is 0 Å². The highest BCUT2D eigenvalue weighted by Gasteiger charge is 2.25. The lowest BCUT2D eigenvalue weighted by atomic mass is 10.0. The molecule has 1 fully saturated rings. The quantitative estimate of drug-likeness (QED) is 0.838. The van der Waals surface area contributed by atoms with Gasteiger partial charge in [0.1, 0.15) is 0 Å². The maximum Gasteiger partial charge on any atom is 0.0449 e. The van der Waals surface area contributed by atoms with Crippen molar-refractivity contribution in [2.24, 2.45) is 0 Å². The Morgan fingerprint density at radius 1 is 1.25 bits per heavy atom. The fourth-order valence-corrected chi connectivity index (χ4v) is 2.55. The average molecular weight is 218 g/mol. The number of piperazine rings is 1. The second-order valence-corrected chi connectivity index (χ2v) is 4.52. The number of benzene rings is 1. The molecule has 0 amide bonds. The smallest absolute Gasteiger partial charge is 0.0449 e. The van der Waals surface area contributed by atoms with Crippen molar-refractivity contribution >= 4 is 0 Å². The van der Waals surface area contributed by atoms with E-state index in [4.69, 9.17) is 0 Å². The Labute approximate surface area is 98.7 Å². The summed E-state index contributed by atoms with van der Waals surface area (Å²) in [6.45, 7) is 7.94. The van der Waals surface area contributed by atoms with E-state index in [0.29, 0.717) is 12.1 Å². The number of hydrogen-bond donors (Lipinski definition) is 1. The molecule has 1 aliphatic rings. The highest BCUT2D eigenvalue weighted by molar-refractivity contribution is 5.20. The molecule has 2 atom stereocenters. The minimum Gasteiger partial charge on any atom is -0.307 e. The van der Waals surface area contributed by atoms with Crippen LogP contribution in [0.2, 0.25) is 0 Å². The molecule has 88 valence electrons. The molecule has 0 radical (unpaired) electrons. The van der Waals surface area contributed by atoms with Crippen LogP contribution < -0.4 is 5.32 Å². The largest absolute Gasteiger partial charge is 0.307 e.